The Balaban J connectivity index is 4.01. The lowest BCUT2D eigenvalue weighted by Crippen LogP contribution is -2.18. The Bertz CT molecular complexity index is 673. The van der Waals surface area contributed by atoms with Crippen LogP contribution in [0.15, 0.2) is 12.2 Å². The van der Waals surface area contributed by atoms with Crippen LogP contribution >= 0.6 is 0 Å². The Morgan fingerprint density at radius 2 is 0.787 bits per heavy atom. The number of allylic oxidation sites excluding steroid dienone is 2. The lowest BCUT2D eigenvalue weighted by Gasteiger charge is -2.18. The fourth-order valence-electron chi connectivity index (χ4n) is 6.60. The maximum Gasteiger partial charge on any atom is 0.306 e. The molecule has 4 nitrogen and oxygen atoms in total. The molecule has 0 amide bonds. The van der Waals surface area contributed by atoms with E-state index in [1.54, 1.807) is 0 Å². The topological polar surface area (TPSA) is 63.6 Å². The van der Waals surface area contributed by atoms with E-state index < -0.39 is 5.97 Å². The van der Waals surface area contributed by atoms with Gasteiger partial charge in [0.15, 0.2) is 0 Å². The number of ether oxygens (including phenoxy) is 1. The van der Waals surface area contributed by atoms with Gasteiger partial charge >= 0.3 is 11.9 Å². The average Bonchev–Trinajstić information content (AvgIpc) is 3.05. The van der Waals surface area contributed by atoms with Crippen molar-refractivity contribution in [1.29, 1.82) is 0 Å². The molecule has 1 N–H and O–H groups in total. The van der Waals surface area contributed by atoms with Gasteiger partial charge in [-0.2, -0.15) is 0 Å². The number of aliphatic carboxylic acids is 1. The molecule has 1 unspecified atom stereocenters. The van der Waals surface area contributed by atoms with E-state index >= 15 is 0 Å². The van der Waals surface area contributed by atoms with Gasteiger partial charge in [0.05, 0.1) is 0 Å². The van der Waals surface area contributed by atoms with Gasteiger partial charge in [-0.25, -0.2) is 0 Å². The summed E-state index contributed by atoms with van der Waals surface area (Å²) in [4.78, 5) is 23.4. The summed E-state index contributed by atoms with van der Waals surface area (Å²) >= 11 is 0. The number of carbonyl (C=O) groups excluding carboxylic acids is 1. The Hall–Kier alpha value is -1.32. The van der Waals surface area contributed by atoms with Gasteiger partial charge in [0, 0.05) is 12.8 Å². The molecule has 0 saturated heterocycles. The van der Waals surface area contributed by atoms with Crippen molar-refractivity contribution in [3.05, 3.63) is 12.2 Å². The van der Waals surface area contributed by atoms with Gasteiger partial charge in [-0.1, -0.05) is 187 Å². The van der Waals surface area contributed by atoms with Crippen LogP contribution in [0, 0.1) is 0 Å². The molecule has 0 spiro atoms. The lowest BCUT2D eigenvalue weighted by molar-refractivity contribution is -0.150. The van der Waals surface area contributed by atoms with E-state index in [-0.39, 0.29) is 18.5 Å². The van der Waals surface area contributed by atoms with Crippen LogP contribution in [-0.4, -0.2) is 23.1 Å². The lowest BCUT2D eigenvalue weighted by atomic mass is 10.0. The van der Waals surface area contributed by atoms with Gasteiger partial charge in [0.2, 0.25) is 0 Å². The molecule has 47 heavy (non-hydrogen) atoms. The fourth-order valence-corrected chi connectivity index (χ4v) is 6.60. The number of carboxylic acids is 1. The number of unbranched alkanes of at least 4 members (excludes halogenated alkanes) is 28. The van der Waals surface area contributed by atoms with Gasteiger partial charge in [0.1, 0.15) is 6.10 Å². The fraction of sp³-hybridized carbons (Fsp3) is 0.907. The van der Waals surface area contributed by atoms with E-state index in [0.29, 0.717) is 6.42 Å². The monoisotopic (exact) mass is 663 g/mol. The molecule has 0 fully saturated rings. The van der Waals surface area contributed by atoms with E-state index in [1.165, 1.54) is 148 Å². The number of hydrogen-bond donors (Lipinski definition) is 1. The van der Waals surface area contributed by atoms with Crippen LogP contribution in [0.1, 0.15) is 245 Å². The second-order valence-electron chi connectivity index (χ2n) is 14.5. The largest absolute Gasteiger partial charge is 0.481 e. The van der Waals surface area contributed by atoms with Crippen molar-refractivity contribution in [2.75, 3.05) is 0 Å². The standard InChI is InChI=1S/C43H82O4/c1-3-5-7-9-11-13-15-17-18-19-21-23-25-27-32-36-40-43(46)47-41(38-34-30-28-31-35-39-42(44)45)37-33-29-26-24-22-20-16-14-12-10-8-6-4-2/h24,26,41H,3-23,25,27-40H2,1-2H3,(H,44,45)/b26-24-. The van der Waals surface area contributed by atoms with Crippen LogP contribution in [0.3, 0.4) is 0 Å². The van der Waals surface area contributed by atoms with Gasteiger partial charge < -0.3 is 9.84 Å². The van der Waals surface area contributed by atoms with Crippen LogP contribution in [0.25, 0.3) is 0 Å². The van der Waals surface area contributed by atoms with Crippen molar-refractivity contribution < 1.29 is 19.4 Å². The van der Waals surface area contributed by atoms with Gasteiger partial charge in [-0.05, 0) is 57.8 Å². The molecule has 0 aromatic heterocycles. The van der Waals surface area contributed by atoms with Crippen molar-refractivity contribution in [3.8, 4) is 0 Å². The van der Waals surface area contributed by atoms with Gasteiger partial charge in [-0.15, -0.1) is 0 Å². The van der Waals surface area contributed by atoms with Crippen molar-refractivity contribution >= 4 is 11.9 Å². The first-order valence-electron chi connectivity index (χ1n) is 21.2. The molecule has 0 heterocycles. The predicted octanol–water partition coefficient (Wildman–Crippen LogP) is 14.6. The normalized spacial score (nSPS) is 12.2. The molecule has 0 aromatic rings. The quantitative estimate of drug-likeness (QED) is 0.0404. The Morgan fingerprint density at radius 3 is 1.23 bits per heavy atom. The molecular formula is C43H82O4. The van der Waals surface area contributed by atoms with E-state index in [2.05, 4.69) is 26.0 Å². The number of hydrogen-bond acceptors (Lipinski definition) is 3. The molecule has 4 heteroatoms. The first-order chi connectivity index (χ1) is 23.1. The summed E-state index contributed by atoms with van der Waals surface area (Å²) in [6.45, 7) is 4.56. The zero-order valence-corrected chi connectivity index (χ0v) is 31.9. The summed E-state index contributed by atoms with van der Waals surface area (Å²) in [5, 5.41) is 8.83. The third-order valence-electron chi connectivity index (χ3n) is 9.74. The minimum absolute atomic E-state index is 0.00735. The third-order valence-corrected chi connectivity index (χ3v) is 9.74. The van der Waals surface area contributed by atoms with E-state index in [1.807, 2.05) is 0 Å². The summed E-state index contributed by atoms with van der Waals surface area (Å²) in [6.07, 6.45) is 48.1. The van der Waals surface area contributed by atoms with Crippen molar-refractivity contribution in [1.82, 2.24) is 0 Å². The molecule has 278 valence electrons. The smallest absolute Gasteiger partial charge is 0.306 e. The number of rotatable bonds is 39. The highest BCUT2D eigenvalue weighted by molar-refractivity contribution is 5.69. The maximum atomic E-state index is 12.7. The molecule has 0 aromatic carbocycles. The van der Waals surface area contributed by atoms with Crippen LogP contribution < -0.4 is 0 Å². The van der Waals surface area contributed by atoms with Crippen molar-refractivity contribution in [3.63, 3.8) is 0 Å². The molecule has 0 bridgehead atoms. The van der Waals surface area contributed by atoms with Gasteiger partial charge in [-0.3, -0.25) is 9.59 Å². The zero-order chi connectivity index (χ0) is 34.3. The maximum absolute atomic E-state index is 12.7. The number of esters is 1. The average molecular weight is 663 g/mol. The highest BCUT2D eigenvalue weighted by Gasteiger charge is 2.14. The Kier molecular flexibility index (Phi) is 38.0. The van der Waals surface area contributed by atoms with Crippen LogP contribution in [0.4, 0.5) is 0 Å². The minimum Gasteiger partial charge on any atom is -0.481 e. The van der Waals surface area contributed by atoms with E-state index in [4.69, 9.17) is 9.84 Å². The minimum atomic E-state index is -0.701. The molecule has 0 saturated carbocycles. The predicted molar refractivity (Wildman–Crippen MR) is 204 cm³/mol. The molecule has 0 rings (SSSR count). The second kappa shape index (κ2) is 39.1. The first kappa shape index (κ1) is 45.7. The number of carbonyl (C=O) groups is 2. The molecule has 0 aliphatic rings. The van der Waals surface area contributed by atoms with E-state index in [9.17, 15) is 9.59 Å². The van der Waals surface area contributed by atoms with Crippen molar-refractivity contribution in [2.24, 2.45) is 0 Å². The van der Waals surface area contributed by atoms with Crippen LogP contribution in [0.5, 0.6) is 0 Å². The highest BCUT2D eigenvalue weighted by atomic mass is 16.5. The van der Waals surface area contributed by atoms with Crippen LogP contribution in [-0.2, 0) is 14.3 Å². The number of carboxylic acid groups (broad SMARTS) is 1. The summed E-state index contributed by atoms with van der Waals surface area (Å²) in [5.41, 5.74) is 0. The first-order valence-corrected chi connectivity index (χ1v) is 21.2. The molecule has 1 atom stereocenters. The summed E-state index contributed by atoms with van der Waals surface area (Å²) in [6, 6.07) is 0. The molecule has 0 radical (unpaired) electrons. The Labute approximate surface area is 294 Å². The Morgan fingerprint density at radius 1 is 0.447 bits per heavy atom. The molecule has 0 aliphatic carbocycles. The highest BCUT2D eigenvalue weighted by Crippen LogP contribution is 2.18. The summed E-state index contributed by atoms with van der Waals surface area (Å²) < 4.78 is 6.00. The second-order valence-corrected chi connectivity index (χ2v) is 14.5. The summed E-state index contributed by atoms with van der Waals surface area (Å²) in [7, 11) is 0. The SMILES string of the molecule is CCCCCCCCCC/C=C\CCCC(CCCCCCCC(=O)O)OC(=O)CCCCCCCCCCCCCCCCCC. The van der Waals surface area contributed by atoms with E-state index in [0.717, 1.165) is 70.6 Å². The van der Waals surface area contributed by atoms with Gasteiger partial charge in [0.25, 0.3) is 0 Å². The van der Waals surface area contributed by atoms with Crippen molar-refractivity contribution in [2.45, 2.75) is 251 Å². The molecular weight excluding hydrogens is 580 g/mol. The summed E-state index contributed by atoms with van der Waals surface area (Å²) in [5.74, 6) is -0.708. The van der Waals surface area contributed by atoms with Crippen LogP contribution in [0.2, 0.25) is 0 Å². The molecule has 0 aliphatic heterocycles. The zero-order valence-electron chi connectivity index (χ0n) is 31.9. The third kappa shape index (κ3) is 39.0.